The van der Waals surface area contributed by atoms with Gasteiger partial charge in [-0.2, -0.15) is 0 Å². The molecule has 3 atom stereocenters. The van der Waals surface area contributed by atoms with E-state index in [2.05, 4.69) is 30.4 Å². The third-order valence-electron chi connectivity index (χ3n) is 4.17. The molecule has 2 bridgehead atoms. The Morgan fingerprint density at radius 2 is 2.29 bits per heavy atom. The van der Waals surface area contributed by atoms with Crippen LogP contribution in [0.5, 0.6) is 0 Å². The Hall–Kier alpha value is -1.15. The van der Waals surface area contributed by atoms with Gasteiger partial charge in [0.05, 0.1) is 0 Å². The summed E-state index contributed by atoms with van der Waals surface area (Å²) in [5.41, 5.74) is 2.40. The molecule has 2 nitrogen and oxygen atoms in total. The van der Waals surface area contributed by atoms with E-state index < -0.39 is 0 Å². The Morgan fingerprint density at radius 1 is 1.41 bits per heavy atom. The van der Waals surface area contributed by atoms with Crippen LogP contribution in [-0.4, -0.2) is 17.9 Å². The van der Waals surface area contributed by atoms with Crippen LogP contribution in [0.4, 0.5) is 0 Å². The number of hydrogen-bond acceptors (Lipinski definition) is 2. The molecule has 2 saturated heterocycles. The highest BCUT2D eigenvalue weighted by molar-refractivity contribution is 5.84. The summed E-state index contributed by atoms with van der Waals surface area (Å²) in [6, 6.07) is 9.39. The molecule has 2 aliphatic rings. The smallest absolute Gasteiger partial charge is 0.141 e. The molecule has 90 valence electrons. The zero-order valence-electron chi connectivity index (χ0n) is 10.3. The molecule has 1 N–H and O–H groups in total. The van der Waals surface area contributed by atoms with E-state index in [4.69, 9.17) is 0 Å². The monoisotopic (exact) mass is 229 g/mol. The van der Waals surface area contributed by atoms with Crippen LogP contribution in [0.15, 0.2) is 24.3 Å². The predicted molar refractivity (Wildman–Crippen MR) is 67.9 cm³/mol. The lowest BCUT2D eigenvalue weighted by Crippen LogP contribution is -2.29. The molecule has 0 spiro atoms. The van der Waals surface area contributed by atoms with Crippen molar-refractivity contribution in [3.8, 4) is 0 Å². The zero-order valence-corrected chi connectivity index (χ0v) is 10.3. The SMILES string of the molecule is Cc1cccc(CC(=O)C2CC3CCC2N3)c1. The van der Waals surface area contributed by atoms with Gasteiger partial charge in [-0.15, -0.1) is 0 Å². The van der Waals surface area contributed by atoms with E-state index in [9.17, 15) is 4.79 Å². The van der Waals surface area contributed by atoms with Gasteiger partial charge >= 0.3 is 0 Å². The molecule has 17 heavy (non-hydrogen) atoms. The summed E-state index contributed by atoms with van der Waals surface area (Å²) >= 11 is 0. The molecule has 1 aromatic carbocycles. The van der Waals surface area contributed by atoms with Crippen molar-refractivity contribution in [3.63, 3.8) is 0 Å². The number of nitrogens with one attached hydrogen (secondary N) is 1. The van der Waals surface area contributed by atoms with Crippen LogP contribution in [-0.2, 0) is 11.2 Å². The van der Waals surface area contributed by atoms with Crippen molar-refractivity contribution in [2.24, 2.45) is 5.92 Å². The third-order valence-corrected chi connectivity index (χ3v) is 4.17. The number of aryl methyl sites for hydroxylation is 1. The third kappa shape index (κ3) is 2.14. The second-order valence-corrected chi connectivity index (χ2v) is 5.52. The van der Waals surface area contributed by atoms with Crippen LogP contribution in [0.3, 0.4) is 0 Å². The summed E-state index contributed by atoms with van der Waals surface area (Å²) in [4.78, 5) is 12.3. The molecule has 2 fully saturated rings. The minimum absolute atomic E-state index is 0.272. The van der Waals surface area contributed by atoms with Crippen molar-refractivity contribution in [2.45, 2.75) is 44.7 Å². The molecule has 0 saturated carbocycles. The highest BCUT2D eigenvalue weighted by Crippen LogP contribution is 2.34. The second kappa shape index (κ2) is 4.26. The van der Waals surface area contributed by atoms with Crippen molar-refractivity contribution in [1.82, 2.24) is 5.32 Å². The van der Waals surface area contributed by atoms with Gasteiger partial charge in [0.1, 0.15) is 5.78 Å². The Bertz CT molecular complexity index is 440. The molecule has 2 aliphatic heterocycles. The number of rotatable bonds is 3. The van der Waals surface area contributed by atoms with Crippen LogP contribution in [0.2, 0.25) is 0 Å². The number of Topliss-reactive ketones (excluding diaryl/α,β-unsaturated/α-hetero) is 1. The molecule has 2 heteroatoms. The summed E-state index contributed by atoms with van der Waals surface area (Å²) in [5.74, 6) is 0.699. The Balaban J connectivity index is 1.68. The van der Waals surface area contributed by atoms with E-state index in [1.165, 1.54) is 18.4 Å². The van der Waals surface area contributed by atoms with E-state index in [0.717, 1.165) is 12.0 Å². The van der Waals surface area contributed by atoms with Crippen molar-refractivity contribution >= 4 is 5.78 Å². The maximum Gasteiger partial charge on any atom is 0.141 e. The largest absolute Gasteiger partial charge is 0.310 e. The van der Waals surface area contributed by atoms with E-state index >= 15 is 0 Å². The zero-order chi connectivity index (χ0) is 11.8. The first-order valence-electron chi connectivity index (χ1n) is 6.56. The highest BCUT2D eigenvalue weighted by atomic mass is 16.1. The van der Waals surface area contributed by atoms with Crippen molar-refractivity contribution in [3.05, 3.63) is 35.4 Å². The minimum Gasteiger partial charge on any atom is -0.310 e. The van der Waals surface area contributed by atoms with Gasteiger partial charge < -0.3 is 5.32 Å². The van der Waals surface area contributed by atoms with Gasteiger partial charge in [-0.05, 0) is 31.7 Å². The second-order valence-electron chi connectivity index (χ2n) is 5.52. The van der Waals surface area contributed by atoms with E-state index in [1.54, 1.807) is 0 Å². The van der Waals surface area contributed by atoms with Gasteiger partial charge in [-0.25, -0.2) is 0 Å². The maximum absolute atomic E-state index is 12.3. The first-order chi connectivity index (χ1) is 8.22. The number of ketones is 1. The van der Waals surface area contributed by atoms with E-state index in [0.29, 0.717) is 24.3 Å². The van der Waals surface area contributed by atoms with Gasteiger partial charge in [-0.1, -0.05) is 29.8 Å². The number of carbonyl (C=O) groups is 1. The molecule has 0 amide bonds. The number of fused-ring (bicyclic) bond motifs is 2. The van der Waals surface area contributed by atoms with Gasteiger partial charge in [0.2, 0.25) is 0 Å². The predicted octanol–water partition coefficient (Wildman–Crippen LogP) is 2.25. The average Bonchev–Trinajstić information content (AvgIpc) is 2.90. The molecule has 0 radical (unpaired) electrons. The molecular formula is C15H19NO. The Kier molecular flexibility index (Phi) is 2.75. The number of carbonyl (C=O) groups excluding carboxylic acids is 1. The summed E-state index contributed by atoms with van der Waals surface area (Å²) in [6.45, 7) is 2.08. The van der Waals surface area contributed by atoms with Crippen LogP contribution in [0, 0.1) is 12.8 Å². The topological polar surface area (TPSA) is 29.1 Å². The molecule has 1 aromatic rings. The Morgan fingerprint density at radius 3 is 2.94 bits per heavy atom. The van der Waals surface area contributed by atoms with E-state index in [-0.39, 0.29) is 5.92 Å². The average molecular weight is 229 g/mol. The van der Waals surface area contributed by atoms with Crippen molar-refractivity contribution < 1.29 is 4.79 Å². The fraction of sp³-hybridized carbons (Fsp3) is 0.533. The van der Waals surface area contributed by atoms with Crippen LogP contribution < -0.4 is 5.32 Å². The van der Waals surface area contributed by atoms with Crippen LogP contribution in [0.1, 0.15) is 30.4 Å². The van der Waals surface area contributed by atoms with Crippen LogP contribution >= 0.6 is 0 Å². The molecule has 2 heterocycles. The fourth-order valence-electron chi connectivity index (χ4n) is 3.33. The molecule has 0 aromatic heterocycles. The highest BCUT2D eigenvalue weighted by Gasteiger charge is 2.42. The normalized spacial score (nSPS) is 30.8. The van der Waals surface area contributed by atoms with Gasteiger partial charge in [-0.3, -0.25) is 4.79 Å². The number of benzene rings is 1. The minimum atomic E-state index is 0.272. The molecule has 3 rings (SSSR count). The fourth-order valence-corrected chi connectivity index (χ4v) is 3.33. The molecule has 0 aliphatic carbocycles. The van der Waals surface area contributed by atoms with Gasteiger partial charge in [0.25, 0.3) is 0 Å². The van der Waals surface area contributed by atoms with Crippen molar-refractivity contribution in [1.29, 1.82) is 0 Å². The summed E-state index contributed by atoms with van der Waals surface area (Å²) < 4.78 is 0. The summed E-state index contributed by atoms with van der Waals surface area (Å²) in [5, 5.41) is 3.54. The Labute approximate surface area is 102 Å². The first kappa shape index (κ1) is 11.0. The van der Waals surface area contributed by atoms with E-state index in [1.807, 2.05) is 6.07 Å². The molecule has 3 unspecified atom stereocenters. The lowest BCUT2D eigenvalue weighted by Gasteiger charge is -2.18. The van der Waals surface area contributed by atoms with Gasteiger partial charge in [0.15, 0.2) is 0 Å². The number of hydrogen-bond donors (Lipinski definition) is 1. The van der Waals surface area contributed by atoms with Gasteiger partial charge in [0, 0.05) is 24.4 Å². The standard InChI is InChI=1S/C15H19NO/c1-10-3-2-4-11(7-10)8-15(17)13-9-12-5-6-14(13)16-12/h2-4,7,12-14,16H,5-6,8-9H2,1H3. The van der Waals surface area contributed by atoms with Crippen LogP contribution in [0.25, 0.3) is 0 Å². The lowest BCUT2D eigenvalue weighted by molar-refractivity contribution is -0.122. The first-order valence-corrected chi connectivity index (χ1v) is 6.56. The maximum atomic E-state index is 12.3. The lowest BCUT2D eigenvalue weighted by atomic mass is 9.84. The summed E-state index contributed by atoms with van der Waals surface area (Å²) in [7, 11) is 0. The quantitative estimate of drug-likeness (QED) is 0.861. The molecular weight excluding hydrogens is 210 g/mol. The van der Waals surface area contributed by atoms with Crippen molar-refractivity contribution in [2.75, 3.05) is 0 Å². The summed E-state index contributed by atoms with van der Waals surface area (Å²) in [6.07, 6.45) is 4.13.